The number of hydrogen-bond acceptors (Lipinski definition) is 4. The van der Waals surface area contributed by atoms with E-state index in [0.29, 0.717) is 6.54 Å². The molecule has 0 aliphatic rings. The maximum atomic E-state index is 5.73. The van der Waals surface area contributed by atoms with Crippen molar-refractivity contribution in [2.45, 2.75) is 6.04 Å². The molecule has 0 fully saturated rings. The van der Waals surface area contributed by atoms with Gasteiger partial charge in [0.25, 0.3) is 0 Å². The van der Waals surface area contributed by atoms with Crippen molar-refractivity contribution in [2.75, 3.05) is 19.0 Å². The van der Waals surface area contributed by atoms with Gasteiger partial charge in [-0.2, -0.15) is 0 Å². The Balaban J connectivity index is 2.13. The number of methoxy groups -OCH3 is 1. The molecule has 0 spiro atoms. The van der Waals surface area contributed by atoms with Crippen molar-refractivity contribution >= 4 is 5.69 Å². The Labute approximate surface area is 100 Å². The molecule has 3 N–H and O–H groups in total. The van der Waals surface area contributed by atoms with Crippen LogP contribution in [0.5, 0.6) is 5.75 Å². The zero-order chi connectivity index (χ0) is 12.1. The van der Waals surface area contributed by atoms with Gasteiger partial charge in [0, 0.05) is 18.3 Å². The van der Waals surface area contributed by atoms with Crippen molar-refractivity contribution in [1.82, 2.24) is 0 Å². The van der Waals surface area contributed by atoms with Crippen LogP contribution < -0.4 is 15.8 Å². The third-order valence-electron chi connectivity index (χ3n) is 2.53. The normalized spacial score (nSPS) is 12.1. The Hall–Kier alpha value is -1.94. The van der Waals surface area contributed by atoms with Crippen molar-refractivity contribution in [3.8, 4) is 5.75 Å². The van der Waals surface area contributed by atoms with Crippen LogP contribution in [0.3, 0.4) is 0 Å². The summed E-state index contributed by atoms with van der Waals surface area (Å²) in [5.74, 6) is 1.64. The fourth-order valence-electron chi connectivity index (χ4n) is 1.65. The number of anilines is 1. The lowest BCUT2D eigenvalue weighted by molar-refractivity contribution is 0.415. The number of ether oxygens (including phenoxy) is 1. The zero-order valence-electron chi connectivity index (χ0n) is 9.72. The largest absolute Gasteiger partial charge is 0.497 e. The summed E-state index contributed by atoms with van der Waals surface area (Å²) >= 11 is 0. The first-order valence-electron chi connectivity index (χ1n) is 5.47. The Morgan fingerprint density at radius 3 is 2.88 bits per heavy atom. The number of hydrogen-bond donors (Lipinski definition) is 2. The SMILES string of the molecule is COc1cccc(NC(CN)c2ccco2)c1. The van der Waals surface area contributed by atoms with Crippen LogP contribution in [0.2, 0.25) is 0 Å². The Morgan fingerprint density at radius 2 is 2.24 bits per heavy atom. The van der Waals surface area contributed by atoms with E-state index in [2.05, 4.69) is 5.32 Å². The molecular weight excluding hydrogens is 216 g/mol. The molecule has 1 unspecified atom stereocenters. The van der Waals surface area contributed by atoms with Gasteiger partial charge in [0.1, 0.15) is 11.5 Å². The van der Waals surface area contributed by atoms with Crippen LogP contribution in [0.15, 0.2) is 47.1 Å². The Morgan fingerprint density at radius 1 is 1.35 bits per heavy atom. The highest BCUT2D eigenvalue weighted by molar-refractivity contribution is 5.49. The van der Waals surface area contributed by atoms with Gasteiger partial charge in [-0.05, 0) is 24.3 Å². The van der Waals surface area contributed by atoms with E-state index in [1.165, 1.54) is 0 Å². The van der Waals surface area contributed by atoms with Crippen LogP contribution >= 0.6 is 0 Å². The minimum absolute atomic E-state index is 0.0305. The standard InChI is InChI=1S/C13H16N2O2/c1-16-11-5-2-4-10(8-11)15-12(9-14)13-6-3-7-17-13/h2-8,12,15H,9,14H2,1H3. The van der Waals surface area contributed by atoms with E-state index in [0.717, 1.165) is 17.2 Å². The summed E-state index contributed by atoms with van der Waals surface area (Å²) < 4.78 is 10.5. The fraction of sp³-hybridized carbons (Fsp3) is 0.231. The second kappa shape index (κ2) is 5.41. The second-order valence-corrected chi connectivity index (χ2v) is 3.68. The van der Waals surface area contributed by atoms with Gasteiger partial charge in [-0.1, -0.05) is 6.07 Å². The van der Waals surface area contributed by atoms with Crippen molar-refractivity contribution in [3.63, 3.8) is 0 Å². The molecule has 2 rings (SSSR count). The van der Waals surface area contributed by atoms with Gasteiger partial charge in [-0.3, -0.25) is 0 Å². The molecule has 90 valence electrons. The average Bonchev–Trinajstić information content (AvgIpc) is 2.90. The molecule has 0 saturated carbocycles. The zero-order valence-corrected chi connectivity index (χ0v) is 9.72. The van der Waals surface area contributed by atoms with Crippen LogP contribution in [-0.4, -0.2) is 13.7 Å². The third kappa shape index (κ3) is 2.79. The maximum absolute atomic E-state index is 5.73. The second-order valence-electron chi connectivity index (χ2n) is 3.68. The van der Waals surface area contributed by atoms with E-state index in [-0.39, 0.29) is 6.04 Å². The van der Waals surface area contributed by atoms with Crippen molar-refractivity contribution < 1.29 is 9.15 Å². The topological polar surface area (TPSA) is 60.4 Å². The van der Waals surface area contributed by atoms with Gasteiger partial charge in [0.05, 0.1) is 19.4 Å². The summed E-state index contributed by atoms with van der Waals surface area (Å²) in [7, 11) is 1.64. The van der Waals surface area contributed by atoms with E-state index in [1.807, 2.05) is 36.4 Å². The molecule has 17 heavy (non-hydrogen) atoms. The highest BCUT2D eigenvalue weighted by Gasteiger charge is 2.12. The lowest BCUT2D eigenvalue weighted by atomic mass is 10.2. The molecule has 1 heterocycles. The van der Waals surface area contributed by atoms with Crippen molar-refractivity contribution in [2.24, 2.45) is 5.73 Å². The number of rotatable bonds is 5. The Kier molecular flexibility index (Phi) is 3.67. The van der Waals surface area contributed by atoms with Crippen LogP contribution in [0, 0.1) is 0 Å². The van der Waals surface area contributed by atoms with Crippen LogP contribution in [0.25, 0.3) is 0 Å². The number of benzene rings is 1. The first kappa shape index (κ1) is 11.5. The molecule has 0 radical (unpaired) electrons. The molecule has 4 heteroatoms. The summed E-state index contributed by atoms with van der Waals surface area (Å²) in [4.78, 5) is 0. The maximum Gasteiger partial charge on any atom is 0.127 e. The predicted octanol–water partition coefficient (Wildman–Crippen LogP) is 2.40. The lowest BCUT2D eigenvalue weighted by Gasteiger charge is -2.16. The van der Waals surface area contributed by atoms with Gasteiger partial charge in [-0.15, -0.1) is 0 Å². The molecule has 4 nitrogen and oxygen atoms in total. The molecule has 0 amide bonds. The third-order valence-corrected chi connectivity index (χ3v) is 2.53. The molecule has 0 saturated heterocycles. The summed E-state index contributed by atoms with van der Waals surface area (Å²) in [5, 5.41) is 3.31. The first-order valence-corrected chi connectivity index (χ1v) is 5.47. The Bertz CT molecular complexity index is 454. The van der Waals surface area contributed by atoms with Gasteiger partial charge < -0.3 is 20.2 Å². The number of furan rings is 1. The van der Waals surface area contributed by atoms with Gasteiger partial charge in [0.2, 0.25) is 0 Å². The molecular formula is C13H16N2O2. The van der Waals surface area contributed by atoms with E-state index < -0.39 is 0 Å². The van der Waals surface area contributed by atoms with E-state index in [1.54, 1.807) is 13.4 Å². The van der Waals surface area contributed by atoms with E-state index in [4.69, 9.17) is 14.9 Å². The van der Waals surface area contributed by atoms with E-state index in [9.17, 15) is 0 Å². The van der Waals surface area contributed by atoms with Crippen LogP contribution in [-0.2, 0) is 0 Å². The molecule has 1 atom stereocenters. The number of nitrogens with two attached hydrogens (primary N) is 1. The van der Waals surface area contributed by atoms with Gasteiger partial charge >= 0.3 is 0 Å². The average molecular weight is 232 g/mol. The highest BCUT2D eigenvalue weighted by atomic mass is 16.5. The summed E-state index contributed by atoms with van der Waals surface area (Å²) in [6, 6.07) is 11.4. The first-order chi connectivity index (χ1) is 8.33. The summed E-state index contributed by atoms with van der Waals surface area (Å²) in [5.41, 5.74) is 6.68. The molecule has 0 aliphatic heterocycles. The van der Waals surface area contributed by atoms with Crippen LogP contribution in [0.1, 0.15) is 11.8 Å². The van der Waals surface area contributed by atoms with E-state index >= 15 is 0 Å². The minimum Gasteiger partial charge on any atom is -0.497 e. The molecule has 1 aromatic carbocycles. The van der Waals surface area contributed by atoms with Crippen molar-refractivity contribution in [3.05, 3.63) is 48.4 Å². The van der Waals surface area contributed by atoms with Gasteiger partial charge in [0.15, 0.2) is 0 Å². The lowest BCUT2D eigenvalue weighted by Crippen LogP contribution is -2.20. The monoisotopic (exact) mass is 232 g/mol. The summed E-state index contributed by atoms with van der Waals surface area (Å²) in [6.45, 7) is 0.463. The quantitative estimate of drug-likeness (QED) is 0.831. The van der Waals surface area contributed by atoms with Gasteiger partial charge in [-0.25, -0.2) is 0 Å². The smallest absolute Gasteiger partial charge is 0.127 e. The minimum atomic E-state index is -0.0305. The van der Waals surface area contributed by atoms with Crippen molar-refractivity contribution in [1.29, 1.82) is 0 Å². The fourth-order valence-corrected chi connectivity index (χ4v) is 1.65. The highest BCUT2D eigenvalue weighted by Crippen LogP contribution is 2.22. The molecule has 2 aromatic rings. The predicted molar refractivity (Wildman–Crippen MR) is 67.1 cm³/mol. The van der Waals surface area contributed by atoms with Crippen LogP contribution in [0.4, 0.5) is 5.69 Å². The molecule has 1 aromatic heterocycles. The number of nitrogens with one attached hydrogen (secondary N) is 1. The molecule has 0 bridgehead atoms. The summed E-state index contributed by atoms with van der Waals surface area (Å²) in [6.07, 6.45) is 1.64. The molecule has 0 aliphatic carbocycles.